The number of halogens is 3. The Labute approximate surface area is 127 Å². The first-order valence-corrected chi connectivity index (χ1v) is 7.04. The Morgan fingerprint density at radius 3 is 2.52 bits per heavy atom. The molecule has 0 saturated heterocycles. The summed E-state index contributed by atoms with van der Waals surface area (Å²) in [6.45, 7) is 3.49. The van der Waals surface area contributed by atoms with Gasteiger partial charge in [-0.1, -0.05) is 30.7 Å². The van der Waals surface area contributed by atoms with Crippen molar-refractivity contribution in [2.45, 2.75) is 20.1 Å². The fourth-order valence-corrected chi connectivity index (χ4v) is 2.21. The molecule has 0 heterocycles. The number of rotatable bonds is 6. The average Bonchev–Trinajstić information content (AvgIpc) is 2.43. The molecule has 0 bridgehead atoms. The number of hydrogen-bond donors (Lipinski definition) is 1. The van der Waals surface area contributed by atoms with E-state index in [2.05, 4.69) is 5.32 Å². The molecule has 0 aliphatic carbocycles. The van der Waals surface area contributed by atoms with Crippen molar-refractivity contribution in [3.63, 3.8) is 0 Å². The van der Waals surface area contributed by atoms with Gasteiger partial charge in [-0.3, -0.25) is 0 Å². The lowest BCUT2D eigenvalue weighted by Gasteiger charge is -2.13. The van der Waals surface area contributed by atoms with Crippen molar-refractivity contribution in [3.8, 4) is 5.75 Å². The molecular weight excluding hydrogens is 296 g/mol. The van der Waals surface area contributed by atoms with Gasteiger partial charge < -0.3 is 10.1 Å². The molecule has 1 N–H and O–H groups in total. The second-order valence-corrected chi connectivity index (χ2v) is 4.98. The quantitative estimate of drug-likeness (QED) is 0.858. The maximum absolute atomic E-state index is 13.1. The molecule has 0 amide bonds. The van der Waals surface area contributed by atoms with Gasteiger partial charge in [-0.2, -0.15) is 0 Å². The van der Waals surface area contributed by atoms with Gasteiger partial charge in [0.25, 0.3) is 0 Å². The Bertz CT molecular complexity index is 599. The molecule has 0 spiro atoms. The maximum Gasteiger partial charge on any atom is 0.142 e. The van der Waals surface area contributed by atoms with Crippen molar-refractivity contribution in [2.75, 3.05) is 6.54 Å². The van der Waals surface area contributed by atoms with E-state index in [1.807, 2.05) is 19.1 Å². The third-order valence-electron chi connectivity index (χ3n) is 2.92. The largest absolute Gasteiger partial charge is 0.487 e. The van der Waals surface area contributed by atoms with Crippen molar-refractivity contribution < 1.29 is 13.5 Å². The second-order valence-electron chi connectivity index (χ2n) is 4.57. The molecule has 0 aliphatic heterocycles. The normalized spacial score (nSPS) is 10.7. The van der Waals surface area contributed by atoms with Gasteiger partial charge in [-0.05, 0) is 30.3 Å². The summed E-state index contributed by atoms with van der Waals surface area (Å²) in [7, 11) is 0. The van der Waals surface area contributed by atoms with Crippen LogP contribution in [0.15, 0.2) is 36.4 Å². The van der Waals surface area contributed by atoms with Crippen molar-refractivity contribution in [1.29, 1.82) is 0 Å². The molecule has 112 valence electrons. The monoisotopic (exact) mass is 311 g/mol. The van der Waals surface area contributed by atoms with Crippen LogP contribution in [0.2, 0.25) is 5.02 Å². The second kappa shape index (κ2) is 7.38. The van der Waals surface area contributed by atoms with E-state index >= 15 is 0 Å². The van der Waals surface area contributed by atoms with Crippen molar-refractivity contribution in [1.82, 2.24) is 5.32 Å². The molecule has 2 aromatic carbocycles. The molecule has 0 unspecified atom stereocenters. The fraction of sp³-hybridized carbons (Fsp3) is 0.250. The molecular formula is C16H16ClF2NO. The van der Waals surface area contributed by atoms with Crippen LogP contribution in [0.3, 0.4) is 0 Å². The van der Waals surface area contributed by atoms with Crippen LogP contribution in [0, 0.1) is 11.6 Å². The van der Waals surface area contributed by atoms with Crippen LogP contribution in [0.1, 0.15) is 18.1 Å². The number of para-hydroxylation sites is 1. The van der Waals surface area contributed by atoms with Gasteiger partial charge in [0.15, 0.2) is 0 Å². The van der Waals surface area contributed by atoms with E-state index in [9.17, 15) is 8.78 Å². The summed E-state index contributed by atoms with van der Waals surface area (Å²) in [5, 5.41) is 3.66. The van der Waals surface area contributed by atoms with E-state index < -0.39 is 11.6 Å². The predicted octanol–water partition coefficient (Wildman–Crippen LogP) is 4.31. The summed E-state index contributed by atoms with van der Waals surface area (Å²) in [6, 6.07) is 8.77. The number of ether oxygens (including phenoxy) is 1. The Kier molecular flexibility index (Phi) is 5.53. The topological polar surface area (TPSA) is 21.3 Å². The van der Waals surface area contributed by atoms with Gasteiger partial charge in [0, 0.05) is 18.2 Å². The SMILES string of the molecule is CCNCc1cccc(Cl)c1OCc1cc(F)cc(F)c1. The molecule has 0 radical (unpaired) electrons. The zero-order chi connectivity index (χ0) is 15.2. The first kappa shape index (κ1) is 15.7. The molecule has 5 heteroatoms. The van der Waals surface area contributed by atoms with E-state index in [-0.39, 0.29) is 6.61 Å². The highest BCUT2D eigenvalue weighted by molar-refractivity contribution is 6.32. The number of nitrogens with one attached hydrogen (secondary N) is 1. The first-order valence-electron chi connectivity index (χ1n) is 6.66. The molecule has 2 nitrogen and oxygen atoms in total. The van der Waals surface area contributed by atoms with Crippen molar-refractivity contribution in [2.24, 2.45) is 0 Å². The summed E-state index contributed by atoms with van der Waals surface area (Å²) in [6.07, 6.45) is 0. The highest BCUT2D eigenvalue weighted by Crippen LogP contribution is 2.29. The Morgan fingerprint density at radius 1 is 1.14 bits per heavy atom. The Morgan fingerprint density at radius 2 is 1.86 bits per heavy atom. The number of hydrogen-bond acceptors (Lipinski definition) is 2. The van der Waals surface area contributed by atoms with Crippen LogP contribution in [0.25, 0.3) is 0 Å². The molecule has 21 heavy (non-hydrogen) atoms. The minimum atomic E-state index is -0.624. The highest BCUT2D eigenvalue weighted by Gasteiger charge is 2.09. The molecule has 0 saturated carbocycles. The molecule has 2 aromatic rings. The number of benzene rings is 2. The third kappa shape index (κ3) is 4.41. The highest BCUT2D eigenvalue weighted by atomic mass is 35.5. The van der Waals surface area contributed by atoms with Crippen molar-refractivity contribution >= 4 is 11.6 Å². The standard InChI is InChI=1S/C16H16ClF2NO/c1-2-20-9-12-4-3-5-15(17)16(12)21-10-11-6-13(18)8-14(19)7-11/h3-8,20H,2,9-10H2,1H3. The van der Waals surface area contributed by atoms with E-state index in [1.165, 1.54) is 12.1 Å². The fourth-order valence-electron chi connectivity index (χ4n) is 1.96. The van der Waals surface area contributed by atoms with Crippen LogP contribution in [0.4, 0.5) is 8.78 Å². The van der Waals surface area contributed by atoms with E-state index in [1.54, 1.807) is 6.07 Å². The summed E-state index contributed by atoms with van der Waals surface area (Å²) in [5.74, 6) is -0.717. The lowest BCUT2D eigenvalue weighted by molar-refractivity contribution is 0.301. The predicted molar refractivity (Wildman–Crippen MR) is 79.5 cm³/mol. The van der Waals surface area contributed by atoms with Gasteiger partial charge in [-0.15, -0.1) is 0 Å². The van der Waals surface area contributed by atoms with E-state index in [4.69, 9.17) is 16.3 Å². The minimum absolute atomic E-state index is 0.0531. The zero-order valence-corrected chi connectivity index (χ0v) is 12.4. The van der Waals surface area contributed by atoms with Gasteiger partial charge in [0.1, 0.15) is 24.0 Å². The van der Waals surface area contributed by atoms with Gasteiger partial charge in [0.05, 0.1) is 5.02 Å². The minimum Gasteiger partial charge on any atom is -0.487 e. The third-order valence-corrected chi connectivity index (χ3v) is 3.22. The van der Waals surface area contributed by atoms with Crippen LogP contribution in [0.5, 0.6) is 5.75 Å². The summed E-state index contributed by atoms with van der Waals surface area (Å²) in [4.78, 5) is 0. The lowest BCUT2D eigenvalue weighted by Crippen LogP contribution is -2.13. The molecule has 0 aliphatic rings. The maximum atomic E-state index is 13.1. The average molecular weight is 312 g/mol. The Balaban J connectivity index is 2.15. The van der Waals surface area contributed by atoms with Crippen LogP contribution in [-0.2, 0) is 13.2 Å². The van der Waals surface area contributed by atoms with Crippen molar-refractivity contribution in [3.05, 3.63) is 64.2 Å². The van der Waals surface area contributed by atoms with Crippen LogP contribution >= 0.6 is 11.6 Å². The molecule has 0 aromatic heterocycles. The Hall–Kier alpha value is -1.65. The summed E-state index contributed by atoms with van der Waals surface area (Å²) >= 11 is 6.14. The van der Waals surface area contributed by atoms with Crippen LogP contribution in [-0.4, -0.2) is 6.54 Å². The smallest absolute Gasteiger partial charge is 0.142 e. The van der Waals surface area contributed by atoms with Gasteiger partial charge in [0.2, 0.25) is 0 Å². The summed E-state index contributed by atoms with van der Waals surface area (Å²) < 4.78 is 32.0. The summed E-state index contributed by atoms with van der Waals surface area (Å²) in [5.41, 5.74) is 1.32. The lowest BCUT2D eigenvalue weighted by atomic mass is 10.2. The van der Waals surface area contributed by atoms with Crippen LogP contribution < -0.4 is 10.1 Å². The van der Waals surface area contributed by atoms with Gasteiger partial charge in [-0.25, -0.2) is 8.78 Å². The van der Waals surface area contributed by atoms with Gasteiger partial charge >= 0.3 is 0 Å². The molecule has 0 fully saturated rings. The van der Waals surface area contributed by atoms with E-state index in [0.717, 1.165) is 18.2 Å². The zero-order valence-electron chi connectivity index (χ0n) is 11.6. The van der Waals surface area contributed by atoms with E-state index in [0.29, 0.717) is 22.9 Å². The molecule has 0 atom stereocenters. The first-order chi connectivity index (χ1) is 10.1. The molecule has 2 rings (SSSR count).